The summed E-state index contributed by atoms with van der Waals surface area (Å²) >= 11 is 0. The Labute approximate surface area is 212 Å². The molecule has 36 heavy (non-hydrogen) atoms. The Morgan fingerprint density at radius 3 is 2.31 bits per heavy atom. The normalized spacial score (nSPS) is 18.1. The Morgan fingerprint density at radius 1 is 0.972 bits per heavy atom. The van der Waals surface area contributed by atoms with Gasteiger partial charge in [0.25, 0.3) is 5.91 Å². The fraction of sp³-hybridized carbons (Fsp3) is 0.444. The SMILES string of the molecule is CCOC(=O)N1CCN(CC(=O)N2N=C(c3ccc(OC)c(OC)c3)CC2c2ccc(C)cc2)CC1. The van der Waals surface area contributed by atoms with E-state index in [0.717, 1.165) is 22.4 Å². The Hall–Kier alpha value is -3.59. The molecular weight excluding hydrogens is 460 g/mol. The molecule has 0 spiro atoms. The largest absolute Gasteiger partial charge is 0.493 e. The average Bonchev–Trinajstić information content (AvgIpc) is 3.35. The second-order valence-electron chi connectivity index (χ2n) is 8.95. The number of carbonyl (C=O) groups excluding carboxylic acids is 2. The highest BCUT2D eigenvalue weighted by atomic mass is 16.6. The number of hydrazone groups is 1. The zero-order valence-electron chi connectivity index (χ0n) is 21.4. The van der Waals surface area contributed by atoms with Crippen molar-refractivity contribution in [1.29, 1.82) is 0 Å². The first kappa shape index (κ1) is 25.5. The predicted molar refractivity (Wildman–Crippen MR) is 137 cm³/mol. The standard InChI is InChI=1S/C27H34N4O5/c1-5-36-27(33)30-14-12-29(13-15-30)18-26(32)31-23(20-8-6-19(2)7-9-20)17-22(28-31)21-10-11-24(34-3)25(16-21)35-4/h6-11,16,23H,5,12-15,17-18H2,1-4H3. The first-order valence-electron chi connectivity index (χ1n) is 12.3. The van der Waals surface area contributed by atoms with Gasteiger partial charge in [-0.2, -0.15) is 5.10 Å². The van der Waals surface area contributed by atoms with Crippen LogP contribution in [0.4, 0.5) is 4.79 Å². The van der Waals surface area contributed by atoms with Crippen LogP contribution in [0.1, 0.15) is 36.1 Å². The molecule has 1 unspecified atom stereocenters. The summed E-state index contributed by atoms with van der Waals surface area (Å²) < 4.78 is 15.9. The molecular formula is C27H34N4O5. The van der Waals surface area contributed by atoms with Crippen molar-refractivity contribution in [3.8, 4) is 11.5 Å². The third-order valence-corrected chi connectivity index (χ3v) is 6.60. The lowest BCUT2D eigenvalue weighted by Gasteiger charge is -2.34. The molecule has 4 rings (SSSR count). The molecule has 2 aromatic rings. The third kappa shape index (κ3) is 5.62. The lowest BCUT2D eigenvalue weighted by atomic mass is 9.97. The highest BCUT2D eigenvalue weighted by molar-refractivity contribution is 6.03. The van der Waals surface area contributed by atoms with Crippen LogP contribution in [0.5, 0.6) is 11.5 Å². The highest BCUT2D eigenvalue weighted by Crippen LogP contribution is 2.35. The Bertz CT molecular complexity index is 1110. The minimum atomic E-state index is -0.299. The number of benzene rings is 2. The van der Waals surface area contributed by atoms with Gasteiger partial charge in [-0.1, -0.05) is 29.8 Å². The zero-order chi connectivity index (χ0) is 25.7. The monoisotopic (exact) mass is 494 g/mol. The number of ether oxygens (including phenoxy) is 3. The van der Waals surface area contributed by atoms with Crippen LogP contribution in [0, 0.1) is 6.92 Å². The topological polar surface area (TPSA) is 83.9 Å². The molecule has 1 saturated heterocycles. The van der Waals surface area contributed by atoms with E-state index in [9.17, 15) is 9.59 Å². The van der Waals surface area contributed by atoms with E-state index in [1.54, 1.807) is 31.1 Å². The molecule has 9 heteroatoms. The minimum absolute atomic E-state index is 0.0689. The lowest BCUT2D eigenvalue weighted by molar-refractivity contribution is -0.134. The van der Waals surface area contributed by atoms with Crippen molar-refractivity contribution in [2.45, 2.75) is 26.3 Å². The second kappa shape index (κ2) is 11.4. The molecule has 0 N–H and O–H groups in total. The molecule has 1 atom stereocenters. The van der Waals surface area contributed by atoms with Gasteiger partial charge in [-0.05, 0) is 37.6 Å². The van der Waals surface area contributed by atoms with Crippen molar-refractivity contribution < 1.29 is 23.8 Å². The van der Waals surface area contributed by atoms with Crippen LogP contribution in [-0.4, -0.2) is 86.1 Å². The molecule has 0 aromatic heterocycles. The number of aryl methyl sites for hydroxylation is 1. The van der Waals surface area contributed by atoms with Crippen LogP contribution in [0.3, 0.4) is 0 Å². The van der Waals surface area contributed by atoms with E-state index in [4.69, 9.17) is 19.3 Å². The van der Waals surface area contributed by atoms with E-state index < -0.39 is 0 Å². The maximum Gasteiger partial charge on any atom is 0.409 e. The van der Waals surface area contributed by atoms with Crippen LogP contribution in [0.15, 0.2) is 47.6 Å². The smallest absolute Gasteiger partial charge is 0.409 e. The molecule has 2 aliphatic rings. The highest BCUT2D eigenvalue weighted by Gasteiger charge is 2.34. The van der Waals surface area contributed by atoms with Gasteiger partial charge >= 0.3 is 6.09 Å². The number of carbonyl (C=O) groups is 2. The molecule has 9 nitrogen and oxygen atoms in total. The van der Waals surface area contributed by atoms with Crippen LogP contribution in [0.2, 0.25) is 0 Å². The van der Waals surface area contributed by atoms with Gasteiger partial charge in [-0.25, -0.2) is 9.80 Å². The number of piperazine rings is 1. The summed E-state index contributed by atoms with van der Waals surface area (Å²) in [7, 11) is 3.20. The summed E-state index contributed by atoms with van der Waals surface area (Å²) in [6.45, 7) is 6.73. The molecule has 0 bridgehead atoms. The molecule has 2 amide bonds. The second-order valence-corrected chi connectivity index (χ2v) is 8.95. The Morgan fingerprint density at radius 2 is 1.67 bits per heavy atom. The molecule has 0 saturated carbocycles. The van der Waals surface area contributed by atoms with E-state index in [2.05, 4.69) is 29.2 Å². The minimum Gasteiger partial charge on any atom is -0.493 e. The number of methoxy groups -OCH3 is 2. The van der Waals surface area contributed by atoms with E-state index in [1.807, 2.05) is 25.1 Å². The third-order valence-electron chi connectivity index (χ3n) is 6.60. The van der Waals surface area contributed by atoms with Gasteiger partial charge in [0.1, 0.15) is 0 Å². The average molecular weight is 495 g/mol. The van der Waals surface area contributed by atoms with Crippen LogP contribution >= 0.6 is 0 Å². The van der Waals surface area contributed by atoms with Crippen molar-refractivity contribution in [2.24, 2.45) is 5.10 Å². The van der Waals surface area contributed by atoms with Gasteiger partial charge < -0.3 is 19.1 Å². The molecule has 0 radical (unpaired) electrons. The van der Waals surface area contributed by atoms with Crippen LogP contribution in [0.25, 0.3) is 0 Å². The van der Waals surface area contributed by atoms with E-state index in [1.165, 1.54) is 0 Å². The van der Waals surface area contributed by atoms with E-state index >= 15 is 0 Å². The van der Waals surface area contributed by atoms with Crippen molar-refractivity contribution in [2.75, 3.05) is 53.6 Å². The quantitative estimate of drug-likeness (QED) is 0.586. The molecule has 1 fully saturated rings. The molecule has 2 heterocycles. The van der Waals surface area contributed by atoms with Crippen molar-refractivity contribution in [3.05, 3.63) is 59.2 Å². The summed E-state index contributed by atoms with van der Waals surface area (Å²) in [6.07, 6.45) is 0.299. The first-order valence-corrected chi connectivity index (χ1v) is 12.3. The number of hydrogen-bond acceptors (Lipinski definition) is 7. The molecule has 2 aliphatic heterocycles. The van der Waals surface area contributed by atoms with Gasteiger partial charge in [-0.3, -0.25) is 9.69 Å². The summed E-state index contributed by atoms with van der Waals surface area (Å²) in [5.41, 5.74) is 3.92. The summed E-state index contributed by atoms with van der Waals surface area (Å²) in [4.78, 5) is 29.2. The zero-order valence-corrected chi connectivity index (χ0v) is 21.4. The molecule has 0 aliphatic carbocycles. The van der Waals surface area contributed by atoms with Gasteiger partial charge in [0, 0.05) is 38.2 Å². The number of amides is 2. The summed E-state index contributed by atoms with van der Waals surface area (Å²) in [6, 6.07) is 13.7. The van der Waals surface area contributed by atoms with Crippen molar-refractivity contribution in [3.63, 3.8) is 0 Å². The van der Waals surface area contributed by atoms with Gasteiger partial charge in [0.15, 0.2) is 11.5 Å². The number of hydrogen-bond donors (Lipinski definition) is 0. The maximum atomic E-state index is 13.5. The maximum absolute atomic E-state index is 13.5. The van der Waals surface area contributed by atoms with Crippen molar-refractivity contribution in [1.82, 2.24) is 14.8 Å². The van der Waals surface area contributed by atoms with Gasteiger partial charge in [0.2, 0.25) is 0 Å². The number of rotatable bonds is 7. The fourth-order valence-electron chi connectivity index (χ4n) is 4.55. The Kier molecular flexibility index (Phi) is 8.10. The van der Waals surface area contributed by atoms with E-state index in [-0.39, 0.29) is 24.6 Å². The van der Waals surface area contributed by atoms with Crippen molar-refractivity contribution >= 4 is 17.7 Å². The van der Waals surface area contributed by atoms with E-state index in [0.29, 0.717) is 50.7 Å². The van der Waals surface area contributed by atoms with Crippen LogP contribution in [-0.2, 0) is 9.53 Å². The predicted octanol–water partition coefficient (Wildman–Crippen LogP) is 3.46. The van der Waals surface area contributed by atoms with Gasteiger partial charge in [0.05, 0.1) is 39.1 Å². The molecule has 2 aromatic carbocycles. The Balaban J connectivity index is 1.52. The lowest BCUT2D eigenvalue weighted by Crippen LogP contribution is -2.51. The molecule has 192 valence electrons. The van der Waals surface area contributed by atoms with Gasteiger partial charge in [-0.15, -0.1) is 0 Å². The fourth-order valence-corrected chi connectivity index (χ4v) is 4.55. The summed E-state index contributed by atoms with van der Waals surface area (Å²) in [5, 5.41) is 6.41. The summed E-state index contributed by atoms with van der Waals surface area (Å²) in [5.74, 6) is 1.19. The van der Waals surface area contributed by atoms with Crippen LogP contribution < -0.4 is 9.47 Å². The number of nitrogens with zero attached hydrogens (tertiary/aromatic N) is 4. The first-order chi connectivity index (χ1) is 17.4.